The first-order chi connectivity index (χ1) is 19.7. The molecule has 0 unspecified atom stereocenters. The maximum atomic E-state index is 14.8. The molecule has 7 rings (SSSR count). The van der Waals surface area contributed by atoms with E-state index in [0.717, 1.165) is 83.8 Å². The van der Waals surface area contributed by atoms with Gasteiger partial charge in [-0.15, -0.1) is 0 Å². The summed E-state index contributed by atoms with van der Waals surface area (Å²) in [6, 6.07) is 15.6. The summed E-state index contributed by atoms with van der Waals surface area (Å²) in [6.07, 6.45) is 9.94. The van der Waals surface area contributed by atoms with Crippen molar-refractivity contribution in [1.82, 2.24) is 20.2 Å². The molecule has 204 valence electrons. The highest BCUT2D eigenvalue weighted by molar-refractivity contribution is 5.99. The van der Waals surface area contributed by atoms with E-state index in [1.54, 1.807) is 6.07 Å². The molecule has 7 heteroatoms. The van der Waals surface area contributed by atoms with Crippen molar-refractivity contribution < 1.29 is 9.13 Å². The number of hydrogen-bond acceptors (Lipinski definition) is 5. The Morgan fingerprint density at radius 1 is 0.950 bits per heavy atom. The lowest BCUT2D eigenvalue weighted by molar-refractivity contribution is 0.237. The first-order valence-corrected chi connectivity index (χ1v) is 14.3. The van der Waals surface area contributed by atoms with Gasteiger partial charge in [-0.3, -0.25) is 4.90 Å². The van der Waals surface area contributed by atoms with Crippen molar-refractivity contribution in [3.8, 4) is 16.9 Å². The summed E-state index contributed by atoms with van der Waals surface area (Å²) in [4.78, 5) is 10.8. The van der Waals surface area contributed by atoms with Crippen molar-refractivity contribution in [1.29, 1.82) is 0 Å². The molecule has 0 amide bonds. The number of pyridine rings is 1. The van der Waals surface area contributed by atoms with Crippen molar-refractivity contribution in [2.24, 2.45) is 0 Å². The van der Waals surface area contributed by atoms with Gasteiger partial charge >= 0.3 is 0 Å². The van der Waals surface area contributed by atoms with E-state index in [1.807, 2.05) is 18.3 Å². The molecule has 5 heterocycles. The smallest absolute Gasteiger partial charge is 0.134 e. The molecule has 0 aliphatic carbocycles. The summed E-state index contributed by atoms with van der Waals surface area (Å²) in [7, 11) is 0. The molecule has 40 heavy (non-hydrogen) atoms. The third kappa shape index (κ3) is 5.03. The summed E-state index contributed by atoms with van der Waals surface area (Å²) < 4.78 is 20.8. The van der Waals surface area contributed by atoms with Gasteiger partial charge in [0.15, 0.2) is 0 Å². The molecule has 4 aromatic rings. The summed E-state index contributed by atoms with van der Waals surface area (Å²) in [5, 5.41) is 7.86. The van der Waals surface area contributed by atoms with Crippen LogP contribution in [0.3, 0.4) is 0 Å². The number of hydrogen-bond donors (Lipinski definition) is 3. The Morgan fingerprint density at radius 2 is 1.88 bits per heavy atom. The summed E-state index contributed by atoms with van der Waals surface area (Å²) >= 11 is 0. The number of aromatic nitrogens is 2. The van der Waals surface area contributed by atoms with Crippen LogP contribution < -0.4 is 15.4 Å². The van der Waals surface area contributed by atoms with Crippen LogP contribution in [0.15, 0.2) is 66.9 Å². The largest absolute Gasteiger partial charge is 0.492 e. The van der Waals surface area contributed by atoms with Crippen molar-refractivity contribution >= 4 is 27.9 Å². The zero-order valence-electron chi connectivity index (χ0n) is 22.6. The van der Waals surface area contributed by atoms with Gasteiger partial charge in [-0.1, -0.05) is 24.3 Å². The fourth-order valence-electron chi connectivity index (χ4n) is 6.14. The number of ether oxygens (including phenoxy) is 1. The highest BCUT2D eigenvalue weighted by Gasteiger charge is 2.20. The fourth-order valence-corrected chi connectivity index (χ4v) is 6.14. The quantitative estimate of drug-likeness (QED) is 0.268. The van der Waals surface area contributed by atoms with E-state index in [9.17, 15) is 4.39 Å². The first kappa shape index (κ1) is 25.1. The molecule has 3 aliphatic rings. The van der Waals surface area contributed by atoms with Crippen LogP contribution in [0.25, 0.3) is 33.2 Å². The lowest BCUT2D eigenvalue weighted by Crippen LogP contribution is -2.25. The standard InChI is InChI=1S/C33H34FN5O/c34-25-16-23(17-26(19-25)40-15-14-39-12-1-2-13-39)27-4-3-5-31-29(27)20-32(38-31)28-8-11-36-33-30(28)18-24(21-37-33)22-6-9-35-10-7-22/h3-6,8,16-21,35,38H,1-2,7,9-15H2,(H,36,37). The SMILES string of the molecule is Fc1cc(OCCN2CCCC2)cc(-c2cccc3[nH]c(C4=CCNc5ncc(C6=CCNCC6)cc54)cc23)c1. The van der Waals surface area contributed by atoms with Crippen molar-refractivity contribution in [3.63, 3.8) is 0 Å². The number of nitrogens with one attached hydrogen (secondary N) is 3. The number of nitrogens with zero attached hydrogens (tertiary/aromatic N) is 2. The third-order valence-electron chi connectivity index (χ3n) is 8.20. The van der Waals surface area contributed by atoms with Crippen molar-refractivity contribution in [2.75, 3.05) is 51.2 Å². The zero-order chi connectivity index (χ0) is 26.9. The maximum Gasteiger partial charge on any atom is 0.134 e. The minimum absolute atomic E-state index is 0.290. The second-order valence-corrected chi connectivity index (χ2v) is 10.8. The molecule has 0 bridgehead atoms. The van der Waals surface area contributed by atoms with Crippen molar-refractivity contribution in [3.05, 3.63) is 89.5 Å². The molecule has 0 atom stereocenters. The predicted molar refractivity (Wildman–Crippen MR) is 160 cm³/mol. The second kappa shape index (κ2) is 10.9. The number of H-pyrrole nitrogens is 1. The number of likely N-dealkylation sites (tertiary alicyclic amines) is 1. The second-order valence-electron chi connectivity index (χ2n) is 10.8. The highest BCUT2D eigenvalue weighted by atomic mass is 19.1. The van der Waals surface area contributed by atoms with Gasteiger partial charge in [0.2, 0.25) is 0 Å². The molecule has 2 aromatic heterocycles. The molecule has 3 N–H and O–H groups in total. The molecule has 1 fully saturated rings. The Hall–Kier alpha value is -3.94. The van der Waals surface area contributed by atoms with Gasteiger partial charge in [-0.05, 0) is 91.5 Å². The van der Waals surface area contributed by atoms with Gasteiger partial charge in [0.25, 0.3) is 0 Å². The zero-order valence-corrected chi connectivity index (χ0v) is 22.6. The Labute approximate surface area is 234 Å². The van der Waals surface area contributed by atoms with E-state index >= 15 is 0 Å². The average molecular weight is 536 g/mol. The number of aromatic amines is 1. The van der Waals surface area contributed by atoms with Crippen LogP contribution in [-0.2, 0) is 0 Å². The van der Waals surface area contributed by atoms with Gasteiger partial charge < -0.3 is 20.4 Å². The summed E-state index contributed by atoms with van der Waals surface area (Å²) in [5.41, 5.74) is 8.56. The molecule has 6 nitrogen and oxygen atoms in total. The Balaban J connectivity index is 1.20. The van der Waals surface area contributed by atoms with Crippen LogP contribution in [0.2, 0.25) is 0 Å². The highest BCUT2D eigenvalue weighted by Crippen LogP contribution is 2.37. The van der Waals surface area contributed by atoms with E-state index in [0.29, 0.717) is 18.9 Å². The average Bonchev–Trinajstić information content (AvgIpc) is 3.67. The Morgan fingerprint density at radius 3 is 2.75 bits per heavy atom. The molecule has 2 aromatic carbocycles. The topological polar surface area (TPSA) is 65.2 Å². The van der Waals surface area contributed by atoms with E-state index in [1.165, 1.54) is 30.0 Å². The van der Waals surface area contributed by atoms with Crippen LogP contribution in [0, 0.1) is 5.82 Å². The first-order valence-electron chi connectivity index (χ1n) is 14.3. The number of rotatable bonds is 7. The monoisotopic (exact) mass is 535 g/mol. The van der Waals surface area contributed by atoms with Gasteiger partial charge in [0.05, 0.1) is 0 Å². The number of halogens is 1. The summed E-state index contributed by atoms with van der Waals surface area (Å²) in [5.74, 6) is 1.18. The van der Waals surface area contributed by atoms with Crippen LogP contribution in [0.1, 0.15) is 36.1 Å². The van der Waals surface area contributed by atoms with E-state index in [2.05, 4.69) is 56.9 Å². The van der Waals surface area contributed by atoms with Crippen LogP contribution in [0.5, 0.6) is 5.75 Å². The number of benzene rings is 2. The lowest BCUT2D eigenvalue weighted by atomic mass is 9.94. The maximum absolute atomic E-state index is 14.8. The Bertz CT molecular complexity index is 1610. The normalized spacial score (nSPS) is 17.3. The third-order valence-corrected chi connectivity index (χ3v) is 8.20. The molecule has 0 saturated carbocycles. The van der Waals surface area contributed by atoms with Gasteiger partial charge in [0.1, 0.15) is 24.0 Å². The minimum Gasteiger partial charge on any atom is -0.492 e. The predicted octanol–water partition coefficient (Wildman–Crippen LogP) is 6.08. The van der Waals surface area contributed by atoms with Crippen LogP contribution >= 0.6 is 0 Å². The molecule has 1 saturated heterocycles. The van der Waals surface area contributed by atoms with Crippen LogP contribution in [0.4, 0.5) is 10.2 Å². The minimum atomic E-state index is -0.290. The summed E-state index contributed by atoms with van der Waals surface area (Å²) in [6.45, 7) is 6.28. The van der Waals surface area contributed by atoms with E-state index < -0.39 is 0 Å². The molecule has 0 radical (unpaired) electrons. The van der Waals surface area contributed by atoms with Crippen LogP contribution in [-0.4, -0.2) is 60.7 Å². The molecular formula is C33H34FN5O. The molecule has 0 spiro atoms. The van der Waals surface area contributed by atoms with Gasteiger partial charge in [-0.25, -0.2) is 9.37 Å². The molecular weight excluding hydrogens is 501 g/mol. The number of fused-ring (bicyclic) bond motifs is 2. The van der Waals surface area contributed by atoms with Gasteiger partial charge in [0, 0.05) is 59.6 Å². The lowest BCUT2D eigenvalue weighted by Gasteiger charge is -2.20. The molecule has 3 aliphatic heterocycles. The van der Waals surface area contributed by atoms with Crippen molar-refractivity contribution in [2.45, 2.75) is 19.3 Å². The van der Waals surface area contributed by atoms with E-state index in [4.69, 9.17) is 9.72 Å². The Kier molecular flexibility index (Phi) is 6.83. The van der Waals surface area contributed by atoms with E-state index in [-0.39, 0.29) is 5.82 Å². The number of anilines is 1. The fraction of sp³-hybridized carbons (Fsp3) is 0.303. The van der Waals surface area contributed by atoms with Gasteiger partial charge in [-0.2, -0.15) is 0 Å².